The fourth-order valence-electron chi connectivity index (χ4n) is 4.38. The van der Waals surface area contributed by atoms with Crippen molar-refractivity contribution < 1.29 is 9.59 Å². The average Bonchev–Trinajstić information content (AvgIpc) is 2.68. The van der Waals surface area contributed by atoms with Crippen LogP contribution in [-0.2, 0) is 16.0 Å². The number of aryl methyl sites for hydroxylation is 2. The third-order valence-electron chi connectivity index (χ3n) is 5.77. The third-order valence-corrected chi connectivity index (χ3v) is 5.77. The van der Waals surface area contributed by atoms with Crippen molar-refractivity contribution in [2.45, 2.75) is 51.9 Å². The predicted octanol–water partition coefficient (Wildman–Crippen LogP) is 5.09. The van der Waals surface area contributed by atoms with E-state index in [0.717, 1.165) is 47.3 Å². The van der Waals surface area contributed by atoms with Crippen LogP contribution in [0.25, 0.3) is 0 Å². The van der Waals surface area contributed by atoms with E-state index in [1.165, 1.54) is 5.56 Å². The summed E-state index contributed by atoms with van der Waals surface area (Å²) in [6.45, 7) is 4.15. The zero-order valence-corrected chi connectivity index (χ0v) is 16.0. The smallest absolute Gasteiger partial charge is 0.232 e. The van der Waals surface area contributed by atoms with E-state index < -0.39 is 0 Å². The molecule has 2 aromatic carbocycles. The van der Waals surface area contributed by atoms with E-state index in [-0.39, 0.29) is 17.6 Å². The van der Waals surface area contributed by atoms with Crippen LogP contribution in [0.1, 0.15) is 55.2 Å². The lowest BCUT2D eigenvalue weighted by Crippen LogP contribution is -2.41. The number of carbonyl (C=O) groups excluding carboxylic acids is 2. The summed E-state index contributed by atoms with van der Waals surface area (Å²) in [5.74, 6) is 0.175. The molecule has 1 heterocycles. The molecule has 1 atom stereocenters. The van der Waals surface area contributed by atoms with Crippen LogP contribution in [0, 0.1) is 6.92 Å². The second-order valence-corrected chi connectivity index (χ2v) is 7.52. The molecule has 1 amide bonds. The summed E-state index contributed by atoms with van der Waals surface area (Å²) in [5.41, 5.74) is 6.12. The lowest BCUT2D eigenvalue weighted by Gasteiger charge is -2.39. The first-order valence-corrected chi connectivity index (χ1v) is 9.83. The lowest BCUT2D eigenvalue weighted by atomic mass is 9.77. The monoisotopic (exact) mass is 359 g/mol. The normalized spacial score (nSPS) is 20.1. The van der Waals surface area contributed by atoms with Crippen molar-refractivity contribution in [1.82, 2.24) is 0 Å². The summed E-state index contributed by atoms with van der Waals surface area (Å²) in [4.78, 5) is 28.0. The van der Waals surface area contributed by atoms with Crippen LogP contribution in [0.3, 0.4) is 0 Å². The van der Waals surface area contributed by atoms with Gasteiger partial charge in [0.15, 0.2) is 5.78 Å². The van der Waals surface area contributed by atoms with Crippen LogP contribution in [0.2, 0.25) is 0 Å². The second-order valence-electron chi connectivity index (χ2n) is 7.52. The molecule has 0 saturated carbocycles. The van der Waals surface area contributed by atoms with Gasteiger partial charge in [-0.05, 0) is 43.4 Å². The number of Topliss-reactive ketones (excluding diaryl/α,β-unsaturated/α-hetero) is 1. The number of benzene rings is 2. The Hall–Kier alpha value is -2.68. The van der Waals surface area contributed by atoms with Crippen molar-refractivity contribution in [2.24, 2.45) is 0 Å². The first-order chi connectivity index (χ1) is 13.1. The van der Waals surface area contributed by atoms with Crippen LogP contribution >= 0.6 is 0 Å². The highest BCUT2D eigenvalue weighted by Crippen LogP contribution is 2.44. The Balaban J connectivity index is 1.87. The van der Waals surface area contributed by atoms with E-state index >= 15 is 0 Å². The van der Waals surface area contributed by atoms with Crippen molar-refractivity contribution in [3.63, 3.8) is 0 Å². The Labute approximate surface area is 160 Å². The standard InChI is InChI=1S/C24H25NO2/c1-3-17-7-4-5-8-20(17)25-21-9-6-10-22(26)24(21)19(15-23(25)27)18-13-11-16(2)12-14-18/h4-5,7-8,11-14,19H,3,6,9-10,15H2,1-2H3. The molecule has 1 aliphatic carbocycles. The highest BCUT2D eigenvalue weighted by molar-refractivity contribution is 6.07. The first kappa shape index (κ1) is 17.7. The van der Waals surface area contributed by atoms with Gasteiger partial charge in [0.25, 0.3) is 0 Å². The molecule has 1 unspecified atom stereocenters. The summed E-state index contributed by atoms with van der Waals surface area (Å²) in [6, 6.07) is 16.3. The van der Waals surface area contributed by atoms with Crippen LogP contribution in [0.4, 0.5) is 5.69 Å². The molecule has 138 valence electrons. The second kappa shape index (κ2) is 7.15. The predicted molar refractivity (Wildman–Crippen MR) is 108 cm³/mol. The maximum Gasteiger partial charge on any atom is 0.232 e. The largest absolute Gasteiger partial charge is 0.294 e. The zero-order valence-electron chi connectivity index (χ0n) is 16.0. The van der Waals surface area contributed by atoms with Crippen LogP contribution in [-0.4, -0.2) is 11.7 Å². The number of carbonyl (C=O) groups is 2. The van der Waals surface area contributed by atoms with Gasteiger partial charge in [-0.25, -0.2) is 0 Å². The Morgan fingerprint density at radius 3 is 2.48 bits per heavy atom. The van der Waals surface area contributed by atoms with E-state index in [9.17, 15) is 9.59 Å². The molecule has 3 heteroatoms. The number of amides is 1. The molecule has 27 heavy (non-hydrogen) atoms. The van der Waals surface area contributed by atoms with E-state index in [0.29, 0.717) is 12.8 Å². The van der Waals surface area contributed by atoms with Gasteiger partial charge in [0, 0.05) is 30.0 Å². The zero-order chi connectivity index (χ0) is 19.0. The summed E-state index contributed by atoms with van der Waals surface area (Å²) in [7, 11) is 0. The maximum atomic E-state index is 13.3. The van der Waals surface area contributed by atoms with Crippen molar-refractivity contribution in [3.05, 3.63) is 76.5 Å². The van der Waals surface area contributed by atoms with E-state index in [1.54, 1.807) is 0 Å². The molecule has 0 saturated heterocycles. The Bertz CT molecular complexity index is 924. The van der Waals surface area contributed by atoms with Gasteiger partial charge in [-0.1, -0.05) is 55.0 Å². The Morgan fingerprint density at radius 2 is 1.74 bits per heavy atom. The third kappa shape index (κ3) is 3.12. The molecule has 2 aliphatic rings. The van der Waals surface area contributed by atoms with Gasteiger partial charge in [-0.15, -0.1) is 0 Å². The number of rotatable bonds is 3. The minimum Gasteiger partial charge on any atom is -0.294 e. The molecular weight excluding hydrogens is 334 g/mol. The number of para-hydroxylation sites is 1. The van der Waals surface area contributed by atoms with Crippen molar-refractivity contribution in [2.75, 3.05) is 4.90 Å². The van der Waals surface area contributed by atoms with E-state index in [4.69, 9.17) is 0 Å². The van der Waals surface area contributed by atoms with E-state index in [2.05, 4.69) is 44.2 Å². The fraction of sp³-hybridized carbons (Fsp3) is 0.333. The number of allylic oxidation sites excluding steroid dienone is 2. The van der Waals surface area contributed by atoms with Crippen LogP contribution in [0.5, 0.6) is 0 Å². The first-order valence-electron chi connectivity index (χ1n) is 9.83. The number of hydrogen-bond acceptors (Lipinski definition) is 2. The van der Waals surface area contributed by atoms with Gasteiger partial charge in [0.05, 0.1) is 5.69 Å². The topological polar surface area (TPSA) is 37.4 Å². The summed E-state index contributed by atoms with van der Waals surface area (Å²) >= 11 is 0. The number of nitrogens with zero attached hydrogens (tertiary/aromatic N) is 1. The molecule has 0 aromatic heterocycles. The number of hydrogen-bond donors (Lipinski definition) is 0. The molecule has 2 aromatic rings. The molecule has 0 bridgehead atoms. The van der Waals surface area contributed by atoms with Crippen molar-refractivity contribution >= 4 is 17.4 Å². The van der Waals surface area contributed by atoms with Crippen LogP contribution < -0.4 is 4.90 Å². The van der Waals surface area contributed by atoms with E-state index in [1.807, 2.05) is 23.1 Å². The van der Waals surface area contributed by atoms with Gasteiger partial charge in [-0.3, -0.25) is 14.5 Å². The molecule has 3 nitrogen and oxygen atoms in total. The minimum atomic E-state index is -0.120. The van der Waals surface area contributed by atoms with Gasteiger partial charge in [0.1, 0.15) is 0 Å². The maximum absolute atomic E-state index is 13.3. The van der Waals surface area contributed by atoms with Gasteiger partial charge < -0.3 is 0 Å². The van der Waals surface area contributed by atoms with Crippen molar-refractivity contribution in [1.29, 1.82) is 0 Å². The number of anilines is 1. The van der Waals surface area contributed by atoms with Crippen molar-refractivity contribution in [3.8, 4) is 0 Å². The summed E-state index contributed by atoms with van der Waals surface area (Å²) in [5, 5.41) is 0. The summed E-state index contributed by atoms with van der Waals surface area (Å²) in [6.07, 6.45) is 3.39. The van der Waals surface area contributed by atoms with Crippen LogP contribution in [0.15, 0.2) is 59.8 Å². The SMILES string of the molecule is CCc1ccccc1N1C(=O)CC(c2ccc(C)cc2)C2=C1CCCC2=O. The van der Waals surface area contributed by atoms with Gasteiger partial charge in [-0.2, -0.15) is 0 Å². The fourth-order valence-corrected chi connectivity index (χ4v) is 4.38. The average molecular weight is 359 g/mol. The highest BCUT2D eigenvalue weighted by atomic mass is 16.2. The van der Waals surface area contributed by atoms with Gasteiger partial charge in [0.2, 0.25) is 5.91 Å². The highest BCUT2D eigenvalue weighted by Gasteiger charge is 2.40. The Kier molecular flexibility index (Phi) is 4.69. The Morgan fingerprint density at radius 1 is 1.00 bits per heavy atom. The summed E-state index contributed by atoms with van der Waals surface area (Å²) < 4.78 is 0. The molecule has 1 aliphatic heterocycles. The number of ketones is 1. The van der Waals surface area contributed by atoms with Gasteiger partial charge >= 0.3 is 0 Å². The molecular formula is C24H25NO2. The lowest BCUT2D eigenvalue weighted by molar-refractivity contribution is -0.119. The molecule has 0 spiro atoms. The minimum absolute atomic E-state index is 0.0925. The quantitative estimate of drug-likeness (QED) is 0.766. The molecule has 0 fully saturated rings. The molecule has 0 N–H and O–H groups in total. The molecule has 0 radical (unpaired) electrons. The molecule has 4 rings (SSSR count).